The second-order valence-electron chi connectivity index (χ2n) is 3.44. The number of rotatable bonds is 0. The number of carbonyl (C=O) groups is 1. The summed E-state index contributed by atoms with van der Waals surface area (Å²) in [4.78, 5) is 13.2. The lowest BCUT2D eigenvalue weighted by Gasteiger charge is -2.32. The number of amides is 1. The van der Waals surface area contributed by atoms with E-state index in [1.165, 1.54) is 12.1 Å². The summed E-state index contributed by atoms with van der Waals surface area (Å²) in [5.41, 5.74) is 1.38. The minimum Gasteiger partial charge on any atom is -0.361 e. The van der Waals surface area contributed by atoms with E-state index in [1.807, 2.05) is 0 Å². The van der Waals surface area contributed by atoms with Crippen molar-refractivity contribution < 1.29 is 9.18 Å². The van der Waals surface area contributed by atoms with Crippen molar-refractivity contribution in [2.45, 2.75) is 13.0 Å². The van der Waals surface area contributed by atoms with Crippen LogP contribution in [0.3, 0.4) is 0 Å². The van der Waals surface area contributed by atoms with Crippen LogP contribution in [0.4, 0.5) is 15.8 Å². The molecule has 14 heavy (non-hydrogen) atoms. The van der Waals surface area contributed by atoms with Crippen LogP contribution < -0.4 is 10.2 Å². The zero-order chi connectivity index (χ0) is 10.3. The lowest BCUT2D eigenvalue weighted by atomic mass is 10.1. The third kappa shape index (κ3) is 1.23. The van der Waals surface area contributed by atoms with Crippen molar-refractivity contribution in [3.63, 3.8) is 0 Å². The highest BCUT2D eigenvalue weighted by atomic mass is 19.1. The molecule has 1 N–H and O–H groups in total. The van der Waals surface area contributed by atoms with Crippen LogP contribution in [0.25, 0.3) is 0 Å². The van der Waals surface area contributed by atoms with Gasteiger partial charge in [-0.1, -0.05) is 0 Å². The highest BCUT2D eigenvalue weighted by Gasteiger charge is 2.26. The summed E-state index contributed by atoms with van der Waals surface area (Å²) >= 11 is 0. The second-order valence-corrected chi connectivity index (χ2v) is 3.44. The van der Waals surface area contributed by atoms with Gasteiger partial charge in [-0.25, -0.2) is 4.39 Å². The fourth-order valence-electron chi connectivity index (χ4n) is 1.52. The molecule has 2 rings (SSSR count). The lowest BCUT2D eigenvalue weighted by Crippen LogP contribution is -2.43. The molecule has 74 valence electrons. The number of nitrogens with zero attached hydrogens (tertiary/aromatic N) is 1. The maximum absolute atomic E-state index is 13.0. The Morgan fingerprint density at radius 2 is 2.21 bits per heavy atom. The molecule has 4 heteroatoms. The summed E-state index contributed by atoms with van der Waals surface area (Å²) < 4.78 is 13.0. The van der Waals surface area contributed by atoms with Crippen molar-refractivity contribution >= 4 is 17.3 Å². The van der Waals surface area contributed by atoms with E-state index in [0.29, 0.717) is 5.69 Å². The number of anilines is 2. The van der Waals surface area contributed by atoms with Gasteiger partial charge in [-0.15, -0.1) is 0 Å². The number of benzene rings is 1. The molecule has 0 aliphatic carbocycles. The van der Waals surface area contributed by atoms with Crippen molar-refractivity contribution in [3.05, 3.63) is 24.0 Å². The Morgan fingerprint density at radius 3 is 2.93 bits per heavy atom. The van der Waals surface area contributed by atoms with E-state index < -0.39 is 0 Å². The van der Waals surface area contributed by atoms with Gasteiger partial charge in [-0.2, -0.15) is 0 Å². The summed E-state index contributed by atoms with van der Waals surface area (Å²) in [7, 11) is 1.78. The summed E-state index contributed by atoms with van der Waals surface area (Å²) in [5, 5.41) is 2.72. The van der Waals surface area contributed by atoms with E-state index in [-0.39, 0.29) is 17.8 Å². The molecule has 1 unspecified atom stereocenters. The monoisotopic (exact) mass is 194 g/mol. The standard InChI is InChI=1S/C10H11FN2O/c1-6-10(14)12-8-4-3-7(11)5-9(8)13(6)2/h3-6H,1-2H3,(H,12,14). The van der Waals surface area contributed by atoms with Gasteiger partial charge < -0.3 is 10.2 Å². The number of halogens is 1. The third-order valence-electron chi connectivity index (χ3n) is 2.56. The van der Waals surface area contributed by atoms with Gasteiger partial charge in [0.15, 0.2) is 0 Å². The minimum absolute atomic E-state index is 0.0633. The van der Waals surface area contributed by atoms with E-state index in [2.05, 4.69) is 5.32 Å². The van der Waals surface area contributed by atoms with Gasteiger partial charge in [0, 0.05) is 7.05 Å². The molecule has 0 saturated carbocycles. The van der Waals surface area contributed by atoms with E-state index in [0.717, 1.165) is 5.69 Å². The van der Waals surface area contributed by atoms with Crippen LogP contribution in [0.5, 0.6) is 0 Å². The van der Waals surface area contributed by atoms with Gasteiger partial charge in [0.1, 0.15) is 11.9 Å². The Hall–Kier alpha value is -1.58. The van der Waals surface area contributed by atoms with Crippen LogP contribution in [-0.2, 0) is 4.79 Å². The molecule has 0 radical (unpaired) electrons. The van der Waals surface area contributed by atoms with Gasteiger partial charge in [0.05, 0.1) is 11.4 Å². The van der Waals surface area contributed by atoms with Crippen LogP contribution in [0.15, 0.2) is 18.2 Å². The number of hydrogen-bond donors (Lipinski definition) is 1. The van der Waals surface area contributed by atoms with Crippen LogP contribution in [0.2, 0.25) is 0 Å². The maximum atomic E-state index is 13.0. The predicted molar refractivity (Wildman–Crippen MR) is 52.9 cm³/mol. The number of carbonyl (C=O) groups excluding carboxylic acids is 1. The molecule has 0 fully saturated rings. The van der Waals surface area contributed by atoms with Crippen molar-refractivity contribution in [1.29, 1.82) is 0 Å². The molecular weight excluding hydrogens is 183 g/mol. The van der Waals surface area contributed by atoms with E-state index in [4.69, 9.17) is 0 Å². The molecule has 1 amide bonds. The molecular formula is C10H11FN2O. The van der Waals surface area contributed by atoms with Crippen molar-refractivity contribution in [2.75, 3.05) is 17.3 Å². The van der Waals surface area contributed by atoms with Crippen LogP contribution >= 0.6 is 0 Å². The topological polar surface area (TPSA) is 32.3 Å². The van der Waals surface area contributed by atoms with Crippen LogP contribution in [0.1, 0.15) is 6.92 Å². The third-order valence-corrected chi connectivity index (χ3v) is 2.56. The molecule has 1 aromatic carbocycles. The smallest absolute Gasteiger partial charge is 0.246 e. The van der Waals surface area contributed by atoms with Gasteiger partial charge in [0.2, 0.25) is 5.91 Å². The molecule has 1 aliphatic heterocycles. The maximum Gasteiger partial charge on any atom is 0.246 e. The van der Waals surface area contributed by atoms with E-state index in [9.17, 15) is 9.18 Å². The molecule has 3 nitrogen and oxygen atoms in total. The van der Waals surface area contributed by atoms with E-state index in [1.54, 1.807) is 24.9 Å². The molecule has 1 heterocycles. The number of fused-ring (bicyclic) bond motifs is 1. The minimum atomic E-state index is -0.293. The predicted octanol–water partition coefficient (Wildman–Crippen LogP) is 1.60. The highest BCUT2D eigenvalue weighted by Crippen LogP contribution is 2.31. The summed E-state index contributed by atoms with van der Waals surface area (Å²) in [6.07, 6.45) is 0. The Kier molecular flexibility index (Phi) is 1.91. The van der Waals surface area contributed by atoms with Crippen molar-refractivity contribution in [3.8, 4) is 0 Å². The van der Waals surface area contributed by atoms with E-state index >= 15 is 0 Å². The van der Waals surface area contributed by atoms with Crippen LogP contribution in [0, 0.1) is 5.82 Å². The Morgan fingerprint density at radius 1 is 1.50 bits per heavy atom. The Balaban J connectivity index is 2.51. The molecule has 0 spiro atoms. The Bertz CT molecular complexity index is 392. The fourth-order valence-corrected chi connectivity index (χ4v) is 1.52. The summed E-state index contributed by atoms with van der Waals surface area (Å²) in [5.74, 6) is -0.356. The quantitative estimate of drug-likeness (QED) is 0.680. The number of likely N-dealkylation sites (N-methyl/N-ethyl adjacent to an activating group) is 1. The zero-order valence-electron chi connectivity index (χ0n) is 8.04. The van der Waals surface area contributed by atoms with Gasteiger partial charge in [-0.3, -0.25) is 4.79 Å². The first-order valence-electron chi connectivity index (χ1n) is 4.43. The molecule has 0 aromatic heterocycles. The molecule has 1 atom stereocenters. The first-order chi connectivity index (χ1) is 6.59. The fraction of sp³-hybridized carbons (Fsp3) is 0.300. The Labute approximate surface area is 81.5 Å². The first-order valence-corrected chi connectivity index (χ1v) is 4.43. The molecule has 1 aliphatic rings. The lowest BCUT2D eigenvalue weighted by molar-refractivity contribution is -0.117. The van der Waals surface area contributed by atoms with Gasteiger partial charge >= 0.3 is 0 Å². The van der Waals surface area contributed by atoms with Crippen molar-refractivity contribution in [2.24, 2.45) is 0 Å². The molecule has 0 saturated heterocycles. The average molecular weight is 194 g/mol. The van der Waals surface area contributed by atoms with Crippen molar-refractivity contribution in [1.82, 2.24) is 0 Å². The first kappa shape index (κ1) is 8.99. The van der Waals surface area contributed by atoms with Crippen LogP contribution in [-0.4, -0.2) is 19.0 Å². The number of hydrogen-bond acceptors (Lipinski definition) is 2. The SMILES string of the molecule is CC1C(=O)Nc2ccc(F)cc2N1C. The normalized spacial score (nSPS) is 20.4. The van der Waals surface area contributed by atoms with Gasteiger partial charge in [0.25, 0.3) is 0 Å². The summed E-state index contributed by atoms with van der Waals surface area (Å²) in [6, 6.07) is 4.07. The largest absolute Gasteiger partial charge is 0.361 e. The average Bonchev–Trinajstić information content (AvgIpc) is 2.16. The second kappa shape index (κ2) is 2.97. The number of nitrogens with one attached hydrogen (secondary N) is 1. The molecule has 1 aromatic rings. The molecule has 0 bridgehead atoms. The highest BCUT2D eigenvalue weighted by molar-refractivity contribution is 6.03. The van der Waals surface area contributed by atoms with Gasteiger partial charge in [-0.05, 0) is 25.1 Å². The zero-order valence-corrected chi connectivity index (χ0v) is 8.04. The summed E-state index contributed by atoms with van der Waals surface area (Å²) in [6.45, 7) is 1.78.